The van der Waals surface area contributed by atoms with E-state index in [4.69, 9.17) is 13.9 Å². The van der Waals surface area contributed by atoms with Gasteiger partial charge in [-0.2, -0.15) is 5.11 Å². The fourth-order valence-corrected chi connectivity index (χ4v) is 2.23. The lowest BCUT2D eigenvalue weighted by Crippen LogP contribution is -1.90. The monoisotopic (exact) mass is 396 g/mol. The quantitative estimate of drug-likeness (QED) is 0.293. The second kappa shape index (κ2) is 9.17. The van der Waals surface area contributed by atoms with Gasteiger partial charge in [0, 0.05) is 12.1 Å². The fraction of sp³-hybridized carbons (Fsp3) is 0.167. The second-order valence-electron chi connectivity index (χ2n) is 5.49. The summed E-state index contributed by atoms with van der Waals surface area (Å²) in [6, 6.07) is 11.1. The summed E-state index contributed by atoms with van der Waals surface area (Å²) in [5.74, 6) is 1.68. The third-order valence-corrected chi connectivity index (χ3v) is 3.67. The Morgan fingerprint density at radius 2 is 1.93 bits per heavy atom. The number of furan rings is 1. The minimum Gasteiger partial charge on any atom is -0.497 e. The highest BCUT2D eigenvalue weighted by Crippen LogP contribution is 2.33. The third-order valence-electron chi connectivity index (χ3n) is 3.67. The largest absolute Gasteiger partial charge is 0.497 e. The zero-order valence-corrected chi connectivity index (χ0v) is 15.5. The van der Waals surface area contributed by atoms with Gasteiger partial charge < -0.3 is 13.9 Å². The van der Waals surface area contributed by atoms with Gasteiger partial charge in [0.25, 0.3) is 5.69 Å². The number of hydrogen-bond acceptors (Lipinski definition) is 10. The topological polar surface area (TPSA) is 137 Å². The van der Waals surface area contributed by atoms with Crippen molar-refractivity contribution in [2.24, 2.45) is 20.5 Å². The Hall–Kier alpha value is -4.15. The van der Waals surface area contributed by atoms with Crippen molar-refractivity contribution in [1.82, 2.24) is 4.98 Å². The van der Waals surface area contributed by atoms with E-state index in [0.29, 0.717) is 22.9 Å². The molecule has 29 heavy (non-hydrogen) atoms. The van der Waals surface area contributed by atoms with Gasteiger partial charge in [0.15, 0.2) is 11.6 Å². The van der Waals surface area contributed by atoms with Crippen LogP contribution in [0.2, 0.25) is 0 Å². The molecule has 1 unspecified atom stereocenters. The normalized spacial score (nSPS) is 12.3. The molecule has 148 valence electrons. The van der Waals surface area contributed by atoms with E-state index in [2.05, 4.69) is 25.4 Å². The molecule has 0 fully saturated rings. The molecule has 1 atom stereocenters. The summed E-state index contributed by atoms with van der Waals surface area (Å²) in [5.41, 5.74) is 0.295. The summed E-state index contributed by atoms with van der Waals surface area (Å²) in [6.45, 7) is 0. The minimum atomic E-state index is -0.891. The molecule has 1 aromatic carbocycles. The molecule has 11 heteroatoms. The van der Waals surface area contributed by atoms with Gasteiger partial charge in [0.1, 0.15) is 23.4 Å². The van der Waals surface area contributed by atoms with Gasteiger partial charge in [-0.05, 0) is 30.3 Å². The van der Waals surface area contributed by atoms with Crippen molar-refractivity contribution in [1.29, 1.82) is 0 Å². The first kappa shape index (κ1) is 19.6. The van der Waals surface area contributed by atoms with E-state index in [0.717, 1.165) is 6.20 Å². The molecule has 3 aromatic rings. The average molecular weight is 396 g/mol. The van der Waals surface area contributed by atoms with Crippen LogP contribution in [0.15, 0.2) is 79.8 Å². The van der Waals surface area contributed by atoms with Crippen molar-refractivity contribution in [2.45, 2.75) is 6.17 Å². The minimum absolute atomic E-state index is 0.142. The number of hydrogen-bond donors (Lipinski definition) is 0. The van der Waals surface area contributed by atoms with E-state index < -0.39 is 11.1 Å². The Bertz CT molecular complexity index is 1020. The second-order valence-corrected chi connectivity index (χ2v) is 5.49. The van der Waals surface area contributed by atoms with Crippen LogP contribution < -0.4 is 9.47 Å². The first-order valence-electron chi connectivity index (χ1n) is 8.28. The van der Waals surface area contributed by atoms with E-state index in [-0.39, 0.29) is 11.5 Å². The zero-order chi connectivity index (χ0) is 20.6. The van der Waals surface area contributed by atoms with Crippen molar-refractivity contribution in [3.63, 3.8) is 0 Å². The highest BCUT2D eigenvalue weighted by atomic mass is 16.6. The molecule has 2 heterocycles. The Kier molecular flexibility index (Phi) is 6.20. The summed E-state index contributed by atoms with van der Waals surface area (Å²) in [4.78, 5) is 14.0. The van der Waals surface area contributed by atoms with Gasteiger partial charge in [-0.3, -0.25) is 10.1 Å². The van der Waals surface area contributed by atoms with Crippen molar-refractivity contribution < 1.29 is 18.8 Å². The molecule has 0 N–H and O–H groups in total. The number of azo groups is 2. The Morgan fingerprint density at radius 3 is 2.55 bits per heavy atom. The molecule has 0 bridgehead atoms. The number of benzene rings is 1. The molecule has 0 aliphatic rings. The number of nitrogens with zero attached hydrogens (tertiary/aromatic N) is 6. The summed E-state index contributed by atoms with van der Waals surface area (Å²) < 4.78 is 15.8. The molecular formula is C18H16N6O5. The number of methoxy groups -OCH3 is 2. The molecule has 0 aliphatic heterocycles. The van der Waals surface area contributed by atoms with Crippen LogP contribution in [0.1, 0.15) is 11.9 Å². The predicted molar refractivity (Wildman–Crippen MR) is 101 cm³/mol. The van der Waals surface area contributed by atoms with Crippen molar-refractivity contribution in [3.05, 3.63) is 70.8 Å². The number of ether oxygens (including phenoxy) is 2. The van der Waals surface area contributed by atoms with Gasteiger partial charge in [0.2, 0.25) is 6.17 Å². The molecule has 0 aliphatic carbocycles. The number of nitro groups is 1. The van der Waals surface area contributed by atoms with Crippen LogP contribution in [0.25, 0.3) is 0 Å². The number of aromatic nitrogens is 1. The van der Waals surface area contributed by atoms with Crippen molar-refractivity contribution in [3.8, 4) is 11.5 Å². The summed E-state index contributed by atoms with van der Waals surface area (Å²) >= 11 is 0. The van der Waals surface area contributed by atoms with E-state index >= 15 is 0 Å². The van der Waals surface area contributed by atoms with Crippen LogP contribution in [-0.2, 0) is 0 Å². The fourth-order valence-electron chi connectivity index (χ4n) is 2.23. The van der Waals surface area contributed by atoms with Crippen LogP contribution in [-0.4, -0.2) is 24.1 Å². The lowest BCUT2D eigenvalue weighted by Gasteiger charge is -2.06. The molecule has 0 saturated heterocycles. The summed E-state index contributed by atoms with van der Waals surface area (Å²) in [7, 11) is 3.06. The van der Waals surface area contributed by atoms with Crippen LogP contribution in [0.5, 0.6) is 11.5 Å². The van der Waals surface area contributed by atoms with Crippen LogP contribution >= 0.6 is 0 Å². The lowest BCUT2D eigenvalue weighted by atomic mass is 10.3. The van der Waals surface area contributed by atoms with E-state index in [1.165, 1.54) is 25.5 Å². The Morgan fingerprint density at radius 1 is 1.10 bits per heavy atom. The first-order chi connectivity index (χ1) is 14.1. The van der Waals surface area contributed by atoms with Gasteiger partial charge in [-0.25, -0.2) is 4.98 Å². The molecule has 3 rings (SSSR count). The van der Waals surface area contributed by atoms with Gasteiger partial charge in [-0.1, -0.05) is 0 Å². The Balaban J connectivity index is 1.87. The highest BCUT2D eigenvalue weighted by molar-refractivity contribution is 5.55. The first-order valence-corrected chi connectivity index (χ1v) is 8.28. The van der Waals surface area contributed by atoms with Gasteiger partial charge in [0.05, 0.1) is 25.4 Å². The molecule has 0 saturated carbocycles. The van der Waals surface area contributed by atoms with E-state index in [9.17, 15) is 10.1 Å². The summed E-state index contributed by atoms with van der Waals surface area (Å²) in [5, 5.41) is 27.1. The average Bonchev–Trinajstić information content (AvgIpc) is 3.28. The molecule has 11 nitrogen and oxygen atoms in total. The zero-order valence-electron chi connectivity index (χ0n) is 15.5. The Labute approximate surface area is 164 Å². The molecule has 0 radical (unpaired) electrons. The standard InChI is InChI=1S/C18H16N6O5/c1-27-13-6-7-15(28-2)14(10-13)20-22-18(16-4-3-9-29-16)23-21-17-8-5-12(11-19-17)24(25)26/h3-11,18H,1-2H3. The predicted octanol–water partition coefficient (Wildman–Crippen LogP) is 5.17. The lowest BCUT2D eigenvalue weighted by molar-refractivity contribution is -0.385. The van der Waals surface area contributed by atoms with Crippen LogP contribution in [0.3, 0.4) is 0 Å². The van der Waals surface area contributed by atoms with Crippen molar-refractivity contribution >= 4 is 17.2 Å². The van der Waals surface area contributed by atoms with Crippen LogP contribution in [0.4, 0.5) is 17.2 Å². The maximum Gasteiger partial charge on any atom is 0.287 e. The maximum absolute atomic E-state index is 10.7. The molecule has 0 amide bonds. The number of rotatable bonds is 8. The van der Waals surface area contributed by atoms with Crippen LogP contribution in [0, 0.1) is 10.1 Å². The maximum atomic E-state index is 10.7. The van der Waals surface area contributed by atoms with E-state index in [1.54, 1.807) is 37.4 Å². The highest BCUT2D eigenvalue weighted by Gasteiger charge is 2.14. The smallest absolute Gasteiger partial charge is 0.287 e. The SMILES string of the molecule is COc1ccc(OC)c(N=NC(N=Nc2ccc([N+](=O)[O-])cn2)c2ccco2)c1. The van der Waals surface area contributed by atoms with Crippen molar-refractivity contribution in [2.75, 3.05) is 14.2 Å². The molecule has 0 spiro atoms. The third kappa shape index (κ3) is 4.97. The molecule has 2 aromatic heterocycles. The number of pyridine rings is 1. The summed E-state index contributed by atoms with van der Waals surface area (Å²) in [6.07, 6.45) is 1.68. The van der Waals surface area contributed by atoms with Gasteiger partial charge in [-0.15, -0.1) is 15.3 Å². The molecular weight excluding hydrogens is 380 g/mol. The van der Waals surface area contributed by atoms with E-state index in [1.807, 2.05) is 0 Å². The van der Waals surface area contributed by atoms with Gasteiger partial charge >= 0.3 is 0 Å².